The number of thiocyanates is 1. The molecule has 0 radical (unpaired) electrons. The van der Waals surface area contributed by atoms with E-state index in [0.717, 1.165) is 34.7 Å². The minimum Gasteiger partial charge on any atom is -0.463 e. The van der Waals surface area contributed by atoms with E-state index in [2.05, 4.69) is 8.75 Å². The zero-order valence-corrected chi connectivity index (χ0v) is 9.79. The predicted octanol–water partition coefficient (Wildman–Crippen LogP) is 2.76. The summed E-state index contributed by atoms with van der Waals surface area (Å²) in [6.45, 7) is 0. The van der Waals surface area contributed by atoms with Crippen molar-refractivity contribution >= 4 is 23.5 Å². The molecule has 4 nitrogen and oxygen atoms in total. The molecule has 16 heavy (non-hydrogen) atoms. The van der Waals surface area contributed by atoms with Crippen LogP contribution in [0.5, 0.6) is 5.88 Å². The van der Waals surface area contributed by atoms with Crippen LogP contribution in [0.2, 0.25) is 0 Å². The second-order valence-electron chi connectivity index (χ2n) is 2.78. The van der Waals surface area contributed by atoms with Crippen LogP contribution in [0.1, 0.15) is 0 Å². The van der Waals surface area contributed by atoms with Crippen molar-refractivity contribution in [2.45, 2.75) is 0 Å². The quantitative estimate of drug-likeness (QED) is 0.473. The number of ether oxygens (including phenoxy) is 1. The molecule has 80 valence electrons. The Hall–Kier alpha value is -1.58. The van der Waals surface area contributed by atoms with E-state index in [1.807, 2.05) is 35.7 Å². The van der Waals surface area contributed by atoms with Crippen molar-refractivity contribution in [1.29, 1.82) is 5.26 Å². The molecule has 0 aliphatic rings. The fourth-order valence-corrected chi connectivity index (χ4v) is 1.90. The van der Waals surface area contributed by atoms with Gasteiger partial charge < -0.3 is 4.74 Å². The number of hydrogen-bond acceptors (Lipinski definition) is 6. The van der Waals surface area contributed by atoms with E-state index in [1.54, 1.807) is 0 Å². The van der Waals surface area contributed by atoms with Crippen LogP contribution in [-0.4, -0.2) is 14.7 Å². The van der Waals surface area contributed by atoms with E-state index in [4.69, 9.17) is 10.00 Å². The van der Waals surface area contributed by atoms with Gasteiger partial charge in [-0.05, 0) is 11.8 Å². The van der Waals surface area contributed by atoms with Gasteiger partial charge >= 0.3 is 0 Å². The van der Waals surface area contributed by atoms with Crippen molar-refractivity contribution in [3.63, 3.8) is 0 Å². The molecule has 0 saturated heterocycles. The topological polar surface area (TPSA) is 58.8 Å². The lowest BCUT2D eigenvalue weighted by Gasteiger charge is -2.01. The summed E-state index contributed by atoms with van der Waals surface area (Å²) in [5, 5.41) is 10.3. The number of nitriles is 1. The molecule has 2 aromatic rings. The molecule has 0 saturated carbocycles. The van der Waals surface area contributed by atoms with Gasteiger partial charge in [0.05, 0.1) is 11.7 Å². The summed E-state index contributed by atoms with van der Waals surface area (Å²) < 4.78 is 13.6. The molecule has 0 amide bonds. The lowest BCUT2D eigenvalue weighted by atomic mass is 10.2. The van der Waals surface area contributed by atoms with Crippen LogP contribution < -0.4 is 4.74 Å². The maximum absolute atomic E-state index is 8.38. The molecule has 1 heterocycles. The highest BCUT2D eigenvalue weighted by Crippen LogP contribution is 2.27. The van der Waals surface area contributed by atoms with E-state index in [0.29, 0.717) is 5.88 Å². The van der Waals surface area contributed by atoms with Crippen molar-refractivity contribution in [3.8, 4) is 22.5 Å². The molecule has 0 fully saturated rings. The summed E-state index contributed by atoms with van der Waals surface area (Å²) in [5.74, 6) is 0.751. The Morgan fingerprint density at radius 2 is 2.12 bits per heavy atom. The number of nitrogens with zero attached hydrogens (tertiary/aromatic N) is 3. The molecule has 0 bridgehead atoms. The molecule has 0 spiro atoms. The van der Waals surface area contributed by atoms with Gasteiger partial charge in [-0.1, -0.05) is 30.3 Å². The maximum atomic E-state index is 8.38. The van der Waals surface area contributed by atoms with Crippen LogP contribution in [0.15, 0.2) is 30.3 Å². The van der Waals surface area contributed by atoms with E-state index in [1.165, 1.54) is 0 Å². The van der Waals surface area contributed by atoms with Gasteiger partial charge in [0.15, 0.2) is 0 Å². The van der Waals surface area contributed by atoms with Gasteiger partial charge in [0.2, 0.25) is 0 Å². The molecular formula is C10H7N3OS2. The minimum absolute atomic E-state index is 0.266. The highest BCUT2D eigenvalue weighted by molar-refractivity contribution is 8.03. The van der Waals surface area contributed by atoms with Crippen molar-refractivity contribution in [3.05, 3.63) is 30.3 Å². The van der Waals surface area contributed by atoms with Gasteiger partial charge in [0.25, 0.3) is 5.88 Å². The first-order valence-corrected chi connectivity index (χ1v) is 6.15. The summed E-state index contributed by atoms with van der Waals surface area (Å²) in [5.41, 5.74) is 1.69. The number of aromatic nitrogens is 2. The highest BCUT2D eigenvalue weighted by atomic mass is 32.2. The first-order valence-electron chi connectivity index (χ1n) is 4.43. The number of thioether (sulfide) groups is 1. The van der Waals surface area contributed by atoms with Crippen molar-refractivity contribution < 1.29 is 4.74 Å². The molecule has 0 atom stereocenters. The van der Waals surface area contributed by atoms with Gasteiger partial charge in [0, 0.05) is 5.56 Å². The van der Waals surface area contributed by atoms with Crippen molar-refractivity contribution in [1.82, 2.24) is 8.75 Å². The third-order valence-electron chi connectivity index (χ3n) is 1.82. The smallest absolute Gasteiger partial charge is 0.254 e. The van der Waals surface area contributed by atoms with Crippen LogP contribution in [0.4, 0.5) is 0 Å². The van der Waals surface area contributed by atoms with E-state index >= 15 is 0 Å². The molecule has 0 N–H and O–H groups in total. The summed E-state index contributed by atoms with van der Waals surface area (Å²) in [6, 6.07) is 9.70. The standard InChI is InChI=1S/C10H7N3OS2/c11-6-15-7-14-10-9(12-16-13-10)8-4-2-1-3-5-8/h1-5H,7H2. The molecular weight excluding hydrogens is 242 g/mol. The minimum atomic E-state index is 0.266. The van der Waals surface area contributed by atoms with E-state index in [9.17, 15) is 0 Å². The molecule has 0 aliphatic heterocycles. The Labute approximate surface area is 101 Å². The Bertz CT molecular complexity index is 492. The molecule has 2 rings (SSSR count). The Kier molecular flexibility index (Phi) is 3.75. The first-order chi connectivity index (χ1) is 7.92. The number of hydrogen-bond donors (Lipinski definition) is 0. The molecule has 6 heteroatoms. The normalized spacial score (nSPS) is 9.69. The van der Waals surface area contributed by atoms with Crippen LogP contribution >= 0.6 is 23.5 Å². The predicted molar refractivity (Wildman–Crippen MR) is 64.0 cm³/mol. The number of rotatable bonds is 4. The van der Waals surface area contributed by atoms with Gasteiger partial charge in [-0.15, -0.1) is 4.37 Å². The summed E-state index contributed by atoms with van der Waals surface area (Å²) >= 11 is 2.13. The fourth-order valence-electron chi connectivity index (χ4n) is 1.16. The van der Waals surface area contributed by atoms with Gasteiger partial charge in [-0.25, -0.2) is 0 Å². The van der Waals surface area contributed by atoms with E-state index < -0.39 is 0 Å². The van der Waals surface area contributed by atoms with Crippen LogP contribution in [0.3, 0.4) is 0 Å². The zero-order chi connectivity index (χ0) is 11.2. The van der Waals surface area contributed by atoms with Gasteiger partial charge in [-0.3, -0.25) is 0 Å². The molecule has 0 aliphatic carbocycles. The largest absolute Gasteiger partial charge is 0.463 e. The van der Waals surface area contributed by atoms with Crippen LogP contribution in [0.25, 0.3) is 11.3 Å². The second kappa shape index (κ2) is 5.49. The Balaban J connectivity index is 2.17. The second-order valence-corrected chi connectivity index (χ2v) is 4.02. The highest BCUT2D eigenvalue weighted by Gasteiger charge is 2.11. The Morgan fingerprint density at radius 3 is 2.88 bits per heavy atom. The third kappa shape index (κ3) is 2.51. The molecule has 1 aromatic heterocycles. The average Bonchev–Trinajstić information content (AvgIpc) is 2.79. The third-order valence-corrected chi connectivity index (χ3v) is 2.70. The van der Waals surface area contributed by atoms with Crippen LogP contribution in [0, 0.1) is 10.7 Å². The van der Waals surface area contributed by atoms with Gasteiger partial charge in [-0.2, -0.15) is 9.64 Å². The molecule has 1 aromatic carbocycles. The number of benzene rings is 1. The van der Waals surface area contributed by atoms with Crippen molar-refractivity contribution in [2.75, 3.05) is 5.94 Å². The zero-order valence-electron chi connectivity index (χ0n) is 8.16. The fraction of sp³-hybridized carbons (Fsp3) is 0.100. The monoisotopic (exact) mass is 249 g/mol. The summed E-state index contributed by atoms with van der Waals surface area (Å²) in [7, 11) is 0. The first kappa shape index (κ1) is 10.9. The average molecular weight is 249 g/mol. The molecule has 0 unspecified atom stereocenters. The lowest BCUT2D eigenvalue weighted by Crippen LogP contribution is -1.93. The van der Waals surface area contributed by atoms with Gasteiger partial charge in [0.1, 0.15) is 17.0 Å². The van der Waals surface area contributed by atoms with Crippen molar-refractivity contribution in [2.24, 2.45) is 0 Å². The summed E-state index contributed by atoms with van der Waals surface area (Å²) in [6.07, 6.45) is 0. The maximum Gasteiger partial charge on any atom is 0.254 e. The summed E-state index contributed by atoms with van der Waals surface area (Å²) in [4.78, 5) is 0. The van der Waals surface area contributed by atoms with Crippen LogP contribution in [-0.2, 0) is 0 Å². The Morgan fingerprint density at radius 1 is 1.31 bits per heavy atom. The SMILES string of the molecule is N#CSCOc1nsnc1-c1ccccc1. The van der Waals surface area contributed by atoms with E-state index in [-0.39, 0.29) is 5.94 Å². The lowest BCUT2D eigenvalue weighted by molar-refractivity contribution is 0.383.